The summed E-state index contributed by atoms with van der Waals surface area (Å²) in [5.41, 5.74) is 0. The Balaban J connectivity index is 1.59. The second kappa shape index (κ2) is 9.01. The molecule has 4 nitrogen and oxygen atoms in total. The van der Waals surface area contributed by atoms with Gasteiger partial charge in [-0.15, -0.1) is 0 Å². The van der Waals surface area contributed by atoms with Crippen LogP contribution >= 0.6 is 11.6 Å². The van der Waals surface area contributed by atoms with E-state index in [9.17, 15) is 4.79 Å². The SMILES string of the molecule is CCOC(=O)C1CCN(CCCOc2ccc(Cl)cc2)CC1. The second-order valence-corrected chi connectivity index (χ2v) is 5.96. The third-order valence-corrected chi connectivity index (χ3v) is 4.16. The monoisotopic (exact) mass is 325 g/mol. The maximum Gasteiger partial charge on any atom is 0.309 e. The summed E-state index contributed by atoms with van der Waals surface area (Å²) in [6.07, 6.45) is 2.78. The van der Waals surface area contributed by atoms with Crippen molar-refractivity contribution in [1.29, 1.82) is 0 Å². The Bertz CT molecular complexity index is 455. The fourth-order valence-corrected chi connectivity index (χ4v) is 2.79. The highest BCUT2D eigenvalue weighted by Crippen LogP contribution is 2.19. The molecule has 0 N–H and O–H groups in total. The minimum absolute atomic E-state index is 0.0341. The zero-order chi connectivity index (χ0) is 15.8. The average molecular weight is 326 g/mol. The molecule has 5 heteroatoms. The first-order valence-electron chi connectivity index (χ1n) is 7.96. The number of halogens is 1. The van der Waals surface area contributed by atoms with Crippen molar-refractivity contribution in [2.45, 2.75) is 26.2 Å². The molecule has 22 heavy (non-hydrogen) atoms. The topological polar surface area (TPSA) is 38.8 Å². The highest BCUT2D eigenvalue weighted by Gasteiger charge is 2.25. The van der Waals surface area contributed by atoms with Gasteiger partial charge in [0.2, 0.25) is 0 Å². The van der Waals surface area contributed by atoms with Crippen LogP contribution < -0.4 is 4.74 Å². The molecule has 1 aliphatic rings. The number of hydrogen-bond acceptors (Lipinski definition) is 4. The van der Waals surface area contributed by atoms with Gasteiger partial charge < -0.3 is 14.4 Å². The molecule has 1 heterocycles. The van der Waals surface area contributed by atoms with Crippen LogP contribution in [0.25, 0.3) is 0 Å². The second-order valence-electron chi connectivity index (χ2n) is 5.52. The third-order valence-electron chi connectivity index (χ3n) is 3.91. The van der Waals surface area contributed by atoms with Crippen molar-refractivity contribution >= 4 is 17.6 Å². The van der Waals surface area contributed by atoms with E-state index in [-0.39, 0.29) is 11.9 Å². The van der Waals surface area contributed by atoms with Crippen LogP contribution in [0.1, 0.15) is 26.2 Å². The van der Waals surface area contributed by atoms with Crippen molar-refractivity contribution in [2.75, 3.05) is 32.8 Å². The minimum atomic E-state index is -0.0341. The molecule has 0 radical (unpaired) electrons. The predicted molar refractivity (Wildman–Crippen MR) is 87.4 cm³/mol. The van der Waals surface area contributed by atoms with Crippen molar-refractivity contribution in [3.05, 3.63) is 29.3 Å². The summed E-state index contributed by atoms with van der Waals surface area (Å²) in [6, 6.07) is 7.43. The Morgan fingerprint density at radius 2 is 1.95 bits per heavy atom. The average Bonchev–Trinajstić information content (AvgIpc) is 2.54. The summed E-state index contributed by atoms with van der Waals surface area (Å²) in [6.45, 7) is 5.95. The van der Waals surface area contributed by atoms with E-state index >= 15 is 0 Å². The van der Waals surface area contributed by atoms with Crippen LogP contribution in [-0.4, -0.2) is 43.7 Å². The van der Waals surface area contributed by atoms with Gasteiger partial charge >= 0.3 is 5.97 Å². The molecule has 1 aromatic carbocycles. The number of carbonyl (C=O) groups excluding carboxylic acids is 1. The van der Waals surface area contributed by atoms with Crippen molar-refractivity contribution in [3.8, 4) is 5.75 Å². The molecule has 1 aromatic rings. The molecule has 1 fully saturated rings. The Labute approximate surface area is 137 Å². The van der Waals surface area contributed by atoms with Gasteiger partial charge in [-0.25, -0.2) is 0 Å². The molecule has 0 aliphatic carbocycles. The molecule has 0 spiro atoms. The summed E-state index contributed by atoms with van der Waals surface area (Å²) in [7, 11) is 0. The summed E-state index contributed by atoms with van der Waals surface area (Å²) in [5.74, 6) is 0.903. The smallest absolute Gasteiger partial charge is 0.309 e. The molecule has 0 amide bonds. The highest BCUT2D eigenvalue weighted by molar-refractivity contribution is 6.30. The lowest BCUT2D eigenvalue weighted by Crippen LogP contribution is -2.37. The summed E-state index contributed by atoms with van der Waals surface area (Å²) >= 11 is 5.83. The van der Waals surface area contributed by atoms with Crippen LogP contribution in [0.3, 0.4) is 0 Å². The molecule has 122 valence electrons. The molecule has 1 aliphatic heterocycles. The van der Waals surface area contributed by atoms with Crippen LogP contribution in [0.4, 0.5) is 0 Å². The number of nitrogens with zero attached hydrogens (tertiary/aromatic N) is 1. The zero-order valence-electron chi connectivity index (χ0n) is 13.1. The van der Waals surface area contributed by atoms with Crippen LogP contribution in [0.2, 0.25) is 5.02 Å². The van der Waals surface area contributed by atoms with E-state index in [1.807, 2.05) is 31.2 Å². The molecule has 1 saturated heterocycles. The summed E-state index contributed by atoms with van der Waals surface area (Å²) < 4.78 is 10.8. The van der Waals surface area contributed by atoms with Crippen molar-refractivity contribution < 1.29 is 14.3 Å². The number of carbonyl (C=O) groups is 1. The first-order chi connectivity index (χ1) is 10.7. The van der Waals surface area contributed by atoms with Gasteiger partial charge in [0.25, 0.3) is 0 Å². The molecule has 0 atom stereocenters. The summed E-state index contributed by atoms with van der Waals surface area (Å²) in [4.78, 5) is 14.1. The molecule has 0 aromatic heterocycles. The van der Waals surface area contributed by atoms with Gasteiger partial charge in [-0.3, -0.25) is 4.79 Å². The van der Waals surface area contributed by atoms with E-state index in [1.165, 1.54) is 0 Å². The number of hydrogen-bond donors (Lipinski definition) is 0. The standard InChI is InChI=1S/C17H24ClNO3/c1-2-21-17(20)14-8-11-19(12-9-14)10-3-13-22-16-6-4-15(18)5-7-16/h4-7,14H,2-3,8-13H2,1H3. The number of ether oxygens (including phenoxy) is 2. The third kappa shape index (κ3) is 5.50. The zero-order valence-corrected chi connectivity index (χ0v) is 13.8. The number of likely N-dealkylation sites (tertiary alicyclic amines) is 1. The minimum Gasteiger partial charge on any atom is -0.494 e. The predicted octanol–water partition coefficient (Wildman–Crippen LogP) is 3.38. The maximum atomic E-state index is 11.7. The van der Waals surface area contributed by atoms with E-state index in [4.69, 9.17) is 21.1 Å². The van der Waals surface area contributed by atoms with Gasteiger partial charge in [-0.1, -0.05) is 11.6 Å². The normalized spacial score (nSPS) is 16.5. The Kier molecular flexibility index (Phi) is 7.00. The molecular formula is C17H24ClNO3. The quantitative estimate of drug-likeness (QED) is 0.569. The van der Waals surface area contributed by atoms with E-state index in [0.717, 1.165) is 49.7 Å². The number of piperidine rings is 1. The lowest BCUT2D eigenvalue weighted by molar-refractivity contribution is -0.149. The molecule has 2 rings (SSSR count). The molecular weight excluding hydrogens is 302 g/mol. The van der Waals surface area contributed by atoms with Crippen molar-refractivity contribution in [3.63, 3.8) is 0 Å². The summed E-state index contributed by atoms with van der Waals surface area (Å²) in [5, 5.41) is 0.719. The Hall–Kier alpha value is -1.26. The van der Waals surface area contributed by atoms with E-state index in [0.29, 0.717) is 13.2 Å². The van der Waals surface area contributed by atoms with Crippen LogP contribution in [0, 0.1) is 5.92 Å². The first kappa shape index (κ1) is 17.1. The Morgan fingerprint density at radius 3 is 2.59 bits per heavy atom. The van der Waals surface area contributed by atoms with Gasteiger partial charge in [0.15, 0.2) is 0 Å². The van der Waals surface area contributed by atoms with Crippen LogP contribution in [0.15, 0.2) is 24.3 Å². The van der Waals surface area contributed by atoms with E-state index < -0.39 is 0 Å². The van der Waals surface area contributed by atoms with Crippen molar-refractivity contribution in [2.24, 2.45) is 5.92 Å². The fraction of sp³-hybridized carbons (Fsp3) is 0.588. The number of rotatable bonds is 7. The number of esters is 1. The lowest BCUT2D eigenvalue weighted by atomic mass is 9.97. The van der Waals surface area contributed by atoms with E-state index in [2.05, 4.69) is 4.90 Å². The van der Waals surface area contributed by atoms with Gasteiger partial charge in [0.1, 0.15) is 5.75 Å². The molecule has 0 bridgehead atoms. The lowest BCUT2D eigenvalue weighted by Gasteiger charge is -2.30. The molecule has 0 unspecified atom stereocenters. The van der Waals surface area contributed by atoms with E-state index in [1.54, 1.807) is 0 Å². The van der Waals surface area contributed by atoms with Gasteiger partial charge in [0, 0.05) is 11.6 Å². The van der Waals surface area contributed by atoms with Crippen LogP contribution in [-0.2, 0) is 9.53 Å². The van der Waals surface area contributed by atoms with Gasteiger partial charge in [0.05, 0.1) is 19.1 Å². The molecule has 0 saturated carbocycles. The van der Waals surface area contributed by atoms with Gasteiger partial charge in [-0.05, 0) is 63.5 Å². The fourth-order valence-electron chi connectivity index (χ4n) is 2.66. The first-order valence-corrected chi connectivity index (χ1v) is 8.34. The van der Waals surface area contributed by atoms with Crippen LogP contribution in [0.5, 0.6) is 5.75 Å². The Morgan fingerprint density at radius 1 is 1.27 bits per heavy atom. The van der Waals surface area contributed by atoms with Gasteiger partial charge in [-0.2, -0.15) is 0 Å². The van der Waals surface area contributed by atoms with Crippen molar-refractivity contribution in [1.82, 2.24) is 4.90 Å². The largest absolute Gasteiger partial charge is 0.494 e. The maximum absolute atomic E-state index is 11.7. The highest BCUT2D eigenvalue weighted by atomic mass is 35.5. The number of benzene rings is 1.